The van der Waals surface area contributed by atoms with Gasteiger partial charge in [0, 0.05) is 36.5 Å². The fourth-order valence-corrected chi connectivity index (χ4v) is 6.50. The number of rotatable bonds is 5. The van der Waals surface area contributed by atoms with E-state index < -0.39 is 10.1 Å². The summed E-state index contributed by atoms with van der Waals surface area (Å²) < 4.78 is 29.6. The molecular formula is C30H42N2O3S. The van der Waals surface area contributed by atoms with Crippen molar-refractivity contribution in [2.45, 2.75) is 51.5 Å². The minimum absolute atomic E-state index is 0.0666. The lowest BCUT2D eigenvalue weighted by atomic mass is 9.57. The Labute approximate surface area is 218 Å². The Bertz CT molecular complexity index is 1170. The van der Waals surface area contributed by atoms with Crippen LogP contribution in [0.5, 0.6) is 0 Å². The van der Waals surface area contributed by atoms with E-state index in [0.717, 1.165) is 18.7 Å². The van der Waals surface area contributed by atoms with Crippen LogP contribution in [-0.2, 0) is 10.1 Å². The Morgan fingerprint density at radius 3 is 2.28 bits per heavy atom. The summed E-state index contributed by atoms with van der Waals surface area (Å²) in [4.78, 5) is 4.95. The highest BCUT2D eigenvalue weighted by Crippen LogP contribution is 2.53. The molecule has 1 N–H and O–H groups in total. The Kier molecular flexibility index (Phi) is 8.99. The van der Waals surface area contributed by atoms with Gasteiger partial charge in [-0.05, 0) is 51.6 Å². The highest BCUT2D eigenvalue weighted by Gasteiger charge is 2.49. The molecule has 196 valence electrons. The second kappa shape index (κ2) is 11.4. The van der Waals surface area contributed by atoms with Crippen molar-refractivity contribution in [2.24, 2.45) is 10.8 Å². The van der Waals surface area contributed by atoms with Gasteiger partial charge in [-0.2, -0.15) is 8.42 Å². The SMILES string of the molecule is CN(C)[C@H]1CC[C@]2(C)CN(CC=Cc3ccccc3)CC=C2C1(C)C.Cc1ccc(S(=O)(=O)O)cc1. The average Bonchev–Trinajstić information content (AvgIpc) is 2.79. The molecule has 6 heteroatoms. The van der Waals surface area contributed by atoms with E-state index in [4.69, 9.17) is 4.55 Å². The largest absolute Gasteiger partial charge is 0.306 e. The minimum Gasteiger partial charge on any atom is -0.306 e. The average molecular weight is 511 g/mol. The number of nitrogens with zero attached hydrogens (tertiary/aromatic N) is 2. The second-order valence-electron chi connectivity index (χ2n) is 11.2. The zero-order valence-corrected chi connectivity index (χ0v) is 23.4. The van der Waals surface area contributed by atoms with Crippen molar-refractivity contribution in [1.82, 2.24) is 9.80 Å². The molecule has 0 saturated heterocycles. The molecule has 0 unspecified atom stereocenters. The molecule has 0 spiro atoms. The lowest BCUT2D eigenvalue weighted by Gasteiger charge is -2.55. The summed E-state index contributed by atoms with van der Waals surface area (Å²) in [5.74, 6) is 0. The Hall–Kier alpha value is -2.25. The molecule has 1 aliphatic heterocycles. The third-order valence-electron chi connectivity index (χ3n) is 7.69. The van der Waals surface area contributed by atoms with E-state index in [-0.39, 0.29) is 10.3 Å². The first-order valence-electron chi connectivity index (χ1n) is 12.7. The van der Waals surface area contributed by atoms with E-state index >= 15 is 0 Å². The Balaban J connectivity index is 0.000000275. The van der Waals surface area contributed by atoms with Crippen LogP contribution in [0.1, 0.15) is 44.7 Å². The fraction of sp³-hybridized carbons (Fsp3) is 0.467. The van der Waals surface area contributed by atoms with Crippen molar-refractivity contribution in [3.8, 4) is 0 Å². The van der Waals surface area contributed by atoms with Gasteiger partial charge >= 0.3 is 0 Å². The molecule has 0 aromatic heterocycles. The molecule has 2 aliphatic rings. The number of aryl methyl sites for hydroxylation is 1. The lowest BCUT2D eigenvalue weighted by Crippen LogP contribution is -2.54. The first kappa shape index (κ1) is 28.3. The third kappa shape index (κ3) is 6.94. The van der Waals surface area contributed by atoms with Crippen LogP contribution in [0, 0.1) is 17.8 Å². The van der Waals surface area contributed by atoms with Crippen LogP contribution >= 0.6 is 0 Å². The molecule has 1 heterocycles. The van der Waals surface area contributed by atoms with Crippen molar-refractivity contribution >= 4 is 16.2 Å². The van der Waals surface area contributed by atoms with Crippen LogP contribution in [0.25, 0.3) is 6.08 Å². The van der Waals surface area contributed by atoms with Gasteiger partial charge in [0.1, 0.15) is 0 Å². The lowest BCUT2D eigenvalue weighted by molar-refractivity contribution is 0.0526. The molecule has 2 atom stereocenters. The predicted octanol–water partition coefficient (Wildman–Crippen LogP) is 5.94. The maximum absolute atomic E-state index is 10.5. The first-order chi connectivity index (χ1) is 16.8. The van der Waals surface area contributed by atoms with Crippen LogP contribution in [0.3, 0.4) is 0 Å². The molecular weight excluding hydrogens is 468 g/mol. The Morgan fingerprint density at radius 2 is 1.69 bits per heavy atom. The summed E-state index contributed by atoms with van der Waals surface area (Å²) >= 11 is 0. The van der Waals surface area contributed by atoms with Gasteiger partial charge in [-0.1, -0.05) is 92.6 Å². The van der Waals surface area contributed by atoms with Crippen LogP contribution in [0.4, 0.5) is 0 Å². The van der Waals surface area contributed by atoms with Crippen molar-refractivity contribution < 1.29 is 13.0 Å². The summed E-state index contributed by atoms with van der Waals surface area (Å²) in [5.41, 5.74) is 4.53. The quantitative estimate of drug-likeness (QED) is 0.398. The van der Waals surface area contributed by atoms with E-state index in [1.807, 2.05) is 6.92 Å². The van der Waals surface area contributed by atoms with Gasteiger partial charge in [0.05, 0.1) is 4.90 Å². The smallest absolute Gasteiger partial charge is 0.294 e. The molecule has 1 saturated carbocycles. The van der Waals surface area contributed by atoms with Gasteiger partial charge in [0.2, 0.25) is 0 Å². The fourth-order valence-electron chi connectivity index (χ4n) is 6.02. The number of hydrogen-bond acceptors (Lipinski definition) is 4. The standard InChI is InChI=1S/C23H34N2.C7H8O3S/c1-22(2)20-14-17-25(16-9-12-19-10-7-6-8-11-19)18-23(20,3)15-13-21(22)24(4)5;1-6-2-4-7(5-3-6)11(8,9)10/h6-12,14,21H,13,15-18H2,1-5H3;2-5H,1H3,(H,8,9,10)/t21-,23+;/m0./s1. The zero-order chi connectivity index (χ0) is 26.6. The highest BCUT2D eigenvalue weighted by atomic mass is 32.2. The van der Waals surface area contributed by atoms with Crippen molar-refractivity contribution in [3.05, 3.63) is 83.4 Å². The normalized spacial score (nSPS) is 24.1. The molecule has 36 heavy (non-hydrogen) atoms. The van der Waals surface area contributed by atoms with Gasteiger partial charge in [-0.15, -0.1) is 0 Å². The third-order valence-corrected chi connectivity index (χ3v) is 8.56. The Morgan fingerprint density at radius 1 is 1.06 bits per heavy atom. The topological polar surface area (TPSA) is 60.9 Å². The van der Waals surface area contributed by atoms with Crippen molar-refractivity contribution in [3.63, 3.8) is 0 Å². The summed E-state index contributed by atoms with van der Waals surface area (Å²) in [7, 11) is 0.451. The van der Waals surface area contributed by atoms with E-state index in [9.17, 15) is 8.42 Å². The maximum atomic E-state index is 10.5. The molecule has 0 amide bonds. The molecule has 1 aliphatic carbocycles. The summed E-state index contributed by atoms with van der Waals surface area (Å²) in [5, 5.41) is 0. The van der Waals surface area contributed by atoms with Crippen molar-refractivity contribution in [2.75, 3.05) is 33.7 Å². The van der Waals surface area contributed by atoms with E-state index in [1.165, 1.54) is 37.1 Å². The van der Waals surface area contributed by atoms with E-state index in [1.54, 1.807) is 17.7 Å². The van der Waals surface area contributed by atoms with Crippen LogP contribution in [0.15, 0.2) is 77.2 Å². The zero-order valence-electron chi connectivity index (χ0n) is 22.6. The molecule has 2 aromatic rings. The van der Waals surface area contributed by atoms with Gasteiger partial charge in [-0.25, -0.2) is 0 Å². The molecule has 1 fully saturated rings. The summed E-state index contributed by atoms with van der Waals surface area (Å²) in [6, 6.07) is 17.2. The maximum Gasteiger partial charge on any atom is 0.294 e. The number of hydrogen-bond donors (Lipinski definition) is 1. The molecule has 4 rings (SSSR count). The summed E-state index contributed by atoms with van der Waals surface area (Å²) in [6.07, 6.45) is 9.68. The van der Waals surface area contributed by atoms with Crippen molar-refractivity contribution in [1.29, 1.82) is 0 Å². The number of fused-ring (bicyclic) bond motifs is 1. The highest BCUT2D eigenvalue weighted by molar-refractivity contribution is 7.85. The monoisotopic (exact) mass is 510 g/mol. The van der Waals surface area contributed by atoms with Crippen LogP contribution in [-0.4, -0.2) is 62.5 Å². The van der Waals surface area contributed by atoms with E-state index in [0.29, 0.717) is 11.5 Å². The predicted molar refractivity (Wildman–Crippen MR) is 150 cm³/mol. The molecule has 0 bridgehead atoms. The van der Waals surface area contributed by atoms with Gasteiger partial charge in [0.15, 0.2) is 0 Å². The summed E-state index contributed by atoms with van der Waals surface area (Å²) in [6.45, 7) is 12.5. The van der Waals surface area contributed by atoms with E-state index in [2.05, 4.69) is 93.2 Å². The first-order valence-corrected chi connectivity index (χ1v) is 14.1. The van der Waals surface area contributed by atoms with Gasteiger partial charge < -0.3 is 4.90 Å². The molecule has 2 aromatic carbocycles. The molecule has 0 radical (unpaired) electrons. The van der Waals surface area contributed by atoms with Gasteiger partial charge in [0.25, 0.3) is 10.1 Å². The van der Waals surface area contributed by atoms with Crippen LogP contribution < -0.4 is 0 Å². The second-order valence-corrected chi connectivity index (χ2v) is 12.6. The van der Waals surface area contributed by atoms with Crippen LogP contribution in [0.2, 0.25) is 0 Å². The minimum atomic E-state index is -4.02. The van der Waals surface area contributed by atoms with Gasteiger partial charge in [-0.3, -0.25) is 9.45 Å². The number of benzene rings is 2. The molecule has 5 nitrogen and oxygen atoms in total.